The number of aryl methyl sites for hydroxylation is 1. The van der Waals surface area contributed by atoms with Crippen molar-refractivity contribution in [1.82, 2.24) is 5.32 Å². The lowest BCUT2D eigenvalue weighted by atomic mass is 10.2. The molecule has 1 nitrogen and oxygen atoms in total. The van der Waals surface area contributed by atoms with E-state index in [0.717, 1.165) is 17.8 Å². The van der Waals surface area contributed by atoms with Gasteiger partial charge in [-0.3, -0.25) is 0 Å². The van der Waals surface area contributed by atoms with Crippen molar-refractivity contribution in [3.8, 4) is 0 Å². The first-order valence-corrected chi connectivity index (χ1v) is 8.96. The topological polar surface area (TPSA) is 12.0 Å². The van der Waals surface area contributed by atoms with Crippen LogP contribution in [0.2, 0.25) is 0 Å². The number of rotatable bonds is 5. The Morgan fingerprint density at radius 1 is 1.53 bits per heavy atom. The molecule has 1 aromatic rings. The zero-order valence-corrected chi connectivity index (χ0v) is 13.7. The SMILES string of the molecule is CCSC1CCCC1NCc1cc(Br)c(C)s1. The van der Waals surface area contributed by atoms with E-state index >= 15 is 0 Å². The van der Waals surface area contributed by atoms with E-state index in [2.05, 4.69) is 52.9 Å². The summed E-state index contributed by atoms with van der Waals surface area (Å²) in [5.74, 6) is 1.24. The second kappa shape index (κ2) is 6.60. The van der Waals surface area contributed by atoms with Gasteiger partial charge >= 0.3 is 0 Å². The molecule has 1 N–H and O–H groups in total. The van der Waals surface area contributed by atoms with Crippen LogP contribution >= 0.6 is 39.0 Å². The lowest BCUT2D eigenvalue weighted by Gasteiger charge is -2.19. The Hall–Kier alpha value is 0.490. The molecule has 0 aromatic carbocycles. The van der Waals surface area contributed by atoms with E-state index < -0.39 is 0 Å². The first-order chi connectivity index (χ1) is 8.20. The predicted molar refractivity (Wildman–Crippen MR) is 83.2 cm³/mol. The third kappa shape index (κ3) is 3.72. The van der Waals surface area contributed by atoms with Crippen molar-refractivity contribution in [3.05, 3.63) is 20.3 Å². The number of hydrogen-bond donors (Lipinski definition) is 1. The molecule has 1 saturated carbocycles. The second-order valence-corrected chi connectivity index (χ2v) is 8.24. The average Bonchev–Trinajstić information content (AvgIpc) is 2.85. The largest absolute Gasteiger partial charge is 0.308 e. The summed E-state index contributed by atoms with van der Waals surface area (Å²) in [5.41, 5.74) is 0. The number of nitrogens with one attached hydrogen (secondary N) is 1. The third-order valence-corrected chi connectivity index (χ3v) is 6.74. The van der Waals surface area contributed by atoms with Crippen LogP contribution in [0.5, 0.6) is 0 Å². The Morgan fingerprint density at radius 2 is 2.35 bits per heavy atom. The number of halogens is 1. The first kappa shape index (κ1) is 13.9. The maximum atomic E-state index is 3.74. The summed E-state index contributed by atoms with van der Waals surface area (Å²) < 4.78 is 1.25. The van der Waals surface area contributed by atoms with Crippen LogP contribution in [0.1, 0.15) is 35.9 Å². The van der Waals surface area contributed by atoms with E-state index in [1.54, 1.807) is 0 Å². The Labute approximate surface area is 121 Å². The number of hydrogen-bond acceptors (Lipinski definition) is 3. The summed E-state index contributed by atoms with van der Waals surface area (Å²) in [6, 6.07) is 2.98. The zero-order chi connectivity index (χ0) is 12.3. The molecule has 0 bridgehead atoms. The molecule has 1 aromatic heterocycles. The minimum absolute atomic E-state index is 0.723. The standard InChI is InChI=1S/C13H20BrNS2/c1-3-16-13-6-4-5-12(13)15-8-10-7-11(14)9(2)17-10/h7,12-13,15H,3-6,8H2,1-2H3. The molecule has 0 spiro atoms. The monoisotopic (exact) mass is 333 g/mol. The molecule has 0 amide bonds. The van der Waals surface area contributed by atoms with Gasteiger partial charge in [-0.25, -0.2) is 0 Å². The van der Waals surface area contributed by atoms with Gasteiger partial charge < -0.3 is 5.32 Å². The summed E-state index contributed by atoms with van der Waals surface area (Å²) in [6.07, 6.45) is 4.13. The molecule has 1 heterocycles. The third-order valence-electron chi connectivity index (χ3n) is 3.28. The molecule has 2 atom stereocenters. The highest BCUT2D eigenvalue weighted by molar-refractivity contribution is 9.10. The number of thioether (sulfide) groups is 1. The predicted octanol–water partition coefficient (Wildman–Crippen LogP) is 4.58. The molecule has 2 unspecified atom stereocenters. The smallest absolute Gasteiger partial charge is 0.0314 e. The zero-order valence-electron chi connectivity index (χ0n) is 10.5. The molecule has 1 aliphatic carbocycles. The fourth-order valence-corrected chi connectivity index (χ4v) is 5.19. The van der Waals surface area contributed by atoms with Crippen LogP contribution in [0, 0.1) is 6.92 Å². The molecule has 0 saturated heterocycles. The summed E-state index contributed by atoms with van der Waals surface area (Å²) in [5, 5.41) is 4.58. The van der Waals surface area contributed by atoms with Gasteiger partial charge in [0.25, 0.3) is 0 Å². The quantitative estimate of drug-likeness (QED) is 0.846. The van der Waals surface area contributed by atoms with Crippen molar-refractivity contribution >= 4 is 39.0 Å². The molecule has 2 rings (SSSR count). The Bertz CT molecular complexity index is 345. The van der Waals surface area contributed by atoms with Crippen LogP contribution in [0.25, 0.3) is 0 Å². The van der Waals surface area contributed by atoms with Gasteiger partial charge in [-0.15, -0.1) is 11.3 Å². The number of thiophene rings is 1. The molecular formula is C13H20BrNS2. The summed E-state index contributed by atoms with van der Waals surface area (Å²) in [4.78, 5) is 2.83. The highest BCUT2D eigenvalue weighted by Crippen LogP contribution is 2.31. The lowest BCUT2D eigenvalue weighted by molar-refractivity contribution is 0.535. The van der Waals surface area contributed by atoms with Gasteiger partial charge in [-0.05, 0) is 47.5 Å². The Balaban J connectivity index is 1.85. The van der Waals surface area contributed by atoms with E-state index in [9.17, 15) is 0 Å². The van der Waals surface area contributed by atoms with Crippen LogP contribution < -0.4 is 5.32 Å². The minimum atomic E-state index is 0.723. The van der Waals surface area contributed by atoms with Gasteiger partial charge in [-0.2, -0.15) is 11.8 Å². The maximum absolute atomic E-state index is 3.74. The highest BCUT2D eigenvalue weighted by atomic mass is 79.9. The molecule has 96 valence electrons. The molecule has 0 radical (unpaired) electrons. The first-order valence-electron chi connectivity index (χ1n) is 6.30. The summed E-state index contributed by atoms with van der Waals surface area (Å²) in [6.45, 7) is 5.46. The van der Waals surface area contributed by atoms with Gasteiger partial charge in [0, 0.05) is 32.1 Å². The Kier molecular flexibility index (Phi) is 5.40. The van der Waals surface area contributed by atoms with Gasteiger partial charge in [0.05, 0.1) is 0 Å². The van der Waals surface area contributed by atoms with E-state index in [4.69, 9.17) is 0 Å². The maximum Gasteiger partial charge on any atom is 0.0314 e. The van der Waals surface area contributed by atoms with Gasteiger partial charge in [-0.1, -0.05) is 13.3 Å². The molecule has 17 heavy (non-hydrogen) atoms. The minimum Gasteiger partial charge on any atom is -0.308 e. The highest BCUT2D eigenvalue weighted by Gasteiger charge is 2.26. The van der Waals surface area contributed by atoms with Crippen LogP contribution in [0.15, 0.2) is 10.5 Å². The molecular weight excluding hydrogens is 314 g/mol. The van der Waals surface area contributed by atoms with Crippen molar-refractivity contribution < 1.29 is 0 Å². The summed E-state index contributed by atoms with van der Waals surface area (Å²) in [7, 11) is 0. The van der Waals surface area contributed by atoms with Crippen molar-refractivity contribution in [2.45, 2.75) is 50.9 Å². The molecule has 1 aliphatic rings. The molecule has 1 fully saturated rings. The van der Waals surface area contributed by atoms with Gasteiger partial charge in [0.15, 0.2) is 0 Å². The van der Waals surface area contributed by atoms with E-state index in [1.165, 1.54) is 39.2 Å². The normalized spacial score (nSPS) is 24.4. The van der Waals surface area contributed by atoms with Crippen molar-refractivity contribution in [3.63, 3.8) is 0 Å². The fraction of sp³-hybridized carbons (Fsp3) is 0.692. The fourth-order valence-electron chi connectivity index (χ4n) is 2.41. The van der Waals surface area contributed by atoms with Crippen molar-refractivity contribution in [1.29, 1.82) is 0 Å². The van der Waals surface area contributed by atoms with Crippen molar-refractivity contribution in [2.24, 2.45) is 0 Å². The average molecular weight is 334 g/mol. The van der Waals surface area contributed by atoms with Gasteiger partial charge in [0.2, 0.25) is 0 Å². The summed E-state index contributed by atoms with van der Waals surface area (Å²) >= 11 is 7.60. The van der Waals surface area contributed by atoms with E-state index in [0.29, 0.717) is 0 Å². The lowest BCUT2D eigenvalue weighted by Crippen LogP contribution is -2.33. The van der Waals surface area contributed by atoms with Crippen LogP contribution in [-0.2, 0) is 6.54 Å². The Morgan fingerprint density at radius 3 is 3.00 bits per heavy atom. The molecule has 4 heteroatoms. The van der Waals surface area contributed by atoms with Crippen LogP contribution in [0.3, 0.4) is 0 Å². The second-order valence-electron chi connectivity index (χ2n) is 4.53. The molecule has 0 aliphatic heterocycles. The van der Waals surface area contributed by atoms with Crippen LogP contribution in [0.4, 0.5) is 0 Å². The van der Waals surface area contributed by atoms with E-state index in [1.807, 2.05) is 11.3 Å². The van der Waals surface area contributed by atoms with E-state index in [-0.39, 0.29) is 0 Å². The van der Waals surface area contributed by atoms with Gasteiger partial charge in [0.1, 0.15) is 0 Å². The van der Waals surface area contributed by atoms with Crippen molar-refractivity contribution in [2.75, 3.05) is 5.75 Å². The van der Waals surface area contributed by atoms with Crippen LogP contribution in [-0.4, -0.2) is 17.0 Å².